The Morgan fingerprint density at radius 1 is 1.33 bits per heavy atom. The Balaban J connectivity index is 2.03. The van der Waals surface area contributed by atoms with Gasteiger partial charge in [-0.05, 0) is 31.9 Å². The number of nitrogens with two attached hydrogens (primary N) is 1. The third kappa shape index (κ3) is 2.93. The summed E-state index contributed by atoms with van der Waals surface area (Å²) in [4.78, 5) is 4.40. The molecule has 0 bridgehead atoms. The van der Waals surface area contributed by atoms with Crippen LogP contribution in [0, 0.1) is 12.3 Å². The van der Waals surface area contributed by atoms with E-state index in [0.29, 0.717) is 5.69 Å². The second kappa shape index (κ2) is 5.57. The molecule has 1 aromatic rings. The quantitative estimate of drug-likeness (QED) is 0.766. The van der Waals surface area contributed by atoms with Gasteiger partial charge in [0.15, 0.2) is 0 Å². The normalized spacial score (nSPS) is 18.6. The van der Waals surface area contributed by atoms with Crippen molar-refractivity contribution in [3.63, 3.8) is 0 Å². The molecule has 100 valence electrons. The number of aryl methyl sites for hydroxylation is 1. The van der Waals surface area contributed by atoms with Crippen molar-refractivity contribution in [3.8, 4) is 0 Å². The number of pyridine rings is 1. The van der Waals surface area contributed by atoms with Crippen molar-refractivity contribution in [2.24, 2.45) is 5.41 Å². The molecule has 0 aromatic carbocycles. The van der Waals surface area contributed by atoms with Gasteiger partial charge in [0.25, 0.3) is 0 Å². The topological polar surface area (TPSA) is 71.2 Å². The zero-order valence-electron chi connectivity index (χ0n) is 11.1. The van der Waals surface area contributed by atoms with Crippen LogP contribution in [-0.2, 0) is 0 Å². The van der Waals surface area contributed by atoms with Crippen molar-refractivity contribution >= 4 is 11.5 Å². The number of rotatable bonds is 4. The molecule has 4 heteroatoms. The van der Waals surface area contributed by atoms with Crippen molar-refractivity contribution in [2.75, 3.05) is 24.2 Å². The summed E-state index contributed by atoms with van der Waals surface area (Å²) in [5.74, 6) is 0.744. The molecule has 0 aliphatic heterocycles. The van der Waals surface area contributed by atoms with E-state index in [2.05, 4.69) is 10.3 Å². The number of aliphatic hydroxyl groups is 1. The molecule has 1 heterocycles. The number of hydrogen-bond donors (Lipinski definition) is 3. The molecule has 1 fully saturated rings. The first-order valence-electron chi connectivity index (χ1n) is 6.73. The molecule has 0 saturated heterocycles. The predicted molar refractivity (Wildman–Crippen MR) is 74.5 cm³/mol. The Morgan fingerprint density at radius 2 is 2.06 bits per heavy atom. The van der Waals surface area contributed by atoms with Crippen molar-refractivity contribution in [3.05, 3.63) is 17.8 Å². The number of nitrogens with one attached hydrogen (secondary N) is 1. The average molecular weight is 249 g/mol. The smallest absolute Gasteiger partial charge is 0.149 e. The molecular formula is C14H23N3O. The zero-order valence-corrected chi connectivity index (χ0v) is 11.1. The van der Waals surface area contributed by atoms with Gasteiger partial charge in [-0.25, -0.2) is 4.98 Å². The van der Waals surface area contributed by atoms with Crippen LogP contribution in [0.15, 0.2) is 12.1 Å². The van der Waals surface area contributed by atoms with Crippen LogP contribution < -0.4 is 11.1 Å². The lowest BCUT2D eigenvalue weighted by atomic mass is 9.74. The lowest BCUT2D eigenvalue weighted by Crippen LogP contribution is -2.35. The van der Waals surface area contributed by atoms with E-state index >= 15 is 0 Å². The van der Waals surface area contributed by atoms with Crippen LogP contribution in [0.3, 0.4) is 0 Å². The van der Waals surface area contributed by atoms with E-state index < -0.39 is 0 Å². The van der Waals surface area contributed by atoms with E-state index in [-0.39, 0.29) is 12.0 Å². The predicted octanol–water partition coefficient (Wildman–Crippen LogP) is 2.33. The number of hydrogen-bond acceptors (Lipinski definition) is 4. The monoisotopic (exact) mass is 249 g/mol. The van der Waals surface area contributed by atoms with Crippen LogP contribution in [0.25, 0.3) is 0 Å². The molecule has 0 spiro atoms. The van der Waals surface area contributed by atoms with E-state index in [9.17, 15) is 5.11 Å². The minimum atomic E-state index is 0.0100. The van der Waals surface area contributed by atoms with Gasteiger partial charge in [0.1, 0.15) is 5.82 Å². The zero-order chi connectivity index (χ0) is 13.0. The van der Waals surface area contributed by atoms with Gasteiger partial charge in [-0.1, -0.05) is 19.3 Å². The molecule has 2 rings (SSSR count). The highest BCUT2D eigenvalue weighted by Gasteiger charge is 2.31. The highest BCUT2D eigenvalue weighted by Crippen LogP contribution is 2.36. The molecule has 0 atom stereocenters. The van der Waals surface area contributed by atoms with Crippen molar-refractivity contribution in [1.29, 1.82) is 0 Å². The van der Waals surface area contributed by atoms with E-state index in [1.165, 1.54) is 19.3 Å². The third-order valence-corrected chi connectivity index (χ3v) is 3.95. The summed E-state index contributed by atoms with van der Waals surface area (Å²) in [5, 5.41) is 13.0. The number of anilines is 2. The number of nitrogen functional groups attached to an aromatic ring is 1. The van der Waals surface area contributed by atoms with E-state index in [4.69, 9.17) is 5.73 Å². The summed E-state index contributed by atoms with van der Waals surface area (Å²) in [7, 11) is 0. The van der Waals surface area contributed by atoms with Gasteiger partial charge in [0.05, 0.1) is 12.3 Å². The van der Waals surface area contributed by atoms with Gasteiger partial charge in [-0.3, -0.25) is 0 Å². The number of nitrogens with zero attached hydrogens (tertiary/aromatic N) is 1. The standard InChI is InChI=1S/C14H23N3O/c1-11-5-6-12(15)13(17-11)16-9-14(10-18)7-3-2-4-8-14/h5-6,18H,2-4,7-10,15H2,1H3,(H,16,17). The molecule has 1 saturated carbocycles. The second-order valence-corrected chi connectivity index (χ2v) is 5.46. The maximum atomic E-state index is 9.65. The van der Waals surface area contributed by atoms with Crippen LogP contribution in [0.5, 0.6) is 0 Å². The minimum Gasteiger partial charge on any atom is -0.396 e. The summed E-state index contributed by atoms with van der Waals surface area (Å²) in [5.41, 5.74) is 7.54. The van der Waals surface area contributed by atoms with Crippen molar-refractivity contribution in [2.45, 2.75) is 39.0 Å². The molecule has 0 radical (unpaired) electrons. The molecule has 4 nitrogen and oxygen atoms in total. The molecule has 0 unspecified atom stereocenters. The van der Waals surface area contributed by atoms with E-state index in [0.717, 1.165) is 30.9 Å². The molecule has 1 aliphatic rings. The first kappa shape index (κ1) is 13.1. The maximum absolute atomic E-state index is 9.65. The lowest BCUT2D eigenvalue weighted by Gasteiger charge is -2.36. The van der Waals surface area contributed by atoms with Crippen LogP contribution in [0.2, 0.25) is 0 Å². The van der Waals surface area contributed by atoms with Gasteiger partial charge >= 0.3 is 0 Å². The number of aliphatic hydroxyl groups excluding tert-OH is 1. The fraction of sp³-hybridized carbons (Fsp3) is 0.643. The fourth-order valence-corrected chi connectivity index (χ4v) is 2.67. The Morgan fingerprint density at radius 3 is 2.72 bits per heavy atom. The van der Waals surface area contributed by atoms with Gasteiger partial charge in [-0.15, -0.1) is 0 Å². The summed E-state index contributed by atoms with van der Waals surface area (Å²) in [6.45, 7) is 2.95. The minimum absolute atomic E-state index is 0.0100. The van der Waals surface area contributed by atoms with Crippen molar-refractivity contribution in [1.82, 2.24) is 4.98 Å². The van der Waals surface area contributed by atoms with Crippen LogP contribution in [0.4, 0.5) is 11.5 Å². The third-order valence-electron chi connectivity index (χ3n) is 3.95. The second-order valence-electron chi connectivity index (χ2n) is 5.46. The highest BCUT2D eigenvalue weighted by atomic mass is 16.3. The fourth-order valence-electron chi connectivity index (χ4n) is 2.67. The summed E-state index contributed by atoms with van der Waals surface area (Å²) in [6.07, 6.45) is 5.87. The molecule has 0 amide bonds. The Labute approximate surface area is 109 Å². The molecule has 4 N–H and O–H groups in total. The van der Waals surface area contributed by atoms with E-state index in [1.54, 1.807) is 0 Å². The Kier molecular flexibility index (Phi) is 4.07. The van der Waals surface area contributed by atoms with Crippen LogP contribution in [0.1, 0.15) is 37.8 Å². The van der Waals surface area contributed by atoms with Gasteiger partial charge in [-0.2, -0.15) is 0 Å². The molecular weight excluding hydrogens is 226 g/mol. The molecule has 1 aliphatic carbocycles. The summed E-state index contributed by atoms with van der Waals surface area (Å²) >= 11 is 0. The maximum Gasteiger partial charge on any atom is 0.149 e. The number of aromatic nitrogens is 1. The van der Waals surface area contributed by atoms with Crippen molar-refractivity contribution < 1.29 is 5.11 Å². The highest BCUT2D eigenvalue weighted by molar-refractivity contribution is 5.61. The van der Waals surface area contributed by atoms with Crippen LogP contribution >= 0.6 is 0 Å². The van der Waals surface area contributed by atoms with E-state index in [1.807, 2.05) is 19.1 Å². The van der Waals surface area contributed by atoms with Gasteiger partial charge in [0, 0.05) is 17.7 Å². The van der Waals surface area contributed by atoms with Gasteiger partial charge < -0.3 is 16.2 Å². The molecule has 1 aromatic heterocycles. The SMILES string of the molecule is Cc1ccc(N)c(NCC2(CO)CCCCC2)n1. The first-order chi connectivity index (χ1) is 8.65. The first-order valence-corrected chi connectivity index (χ1v) is 6.73. The average Bonchev–Trinajstić information content (AvgIpc) is 2.41. The van der Waals surface area contributed by atoms with Gasteiger partial charge in [0.2, 0.25) is 0 Å². The largest absolute Gasteiger partial charge is 0.396 e. The lowest BCUT2D eigenvalue weighted by molar-refractivity contribution is 0.0943. The Hall–Kier alpha value is -1.29. The van der Waals surface area contributed by atoms with Crippen LogP contribution in [-0.4, -0.2) is 23.2 Å². The Bertz CT molecular complexity index is 400. The molecule has 18 heavy (non-hydrogen) atoms. The summed E-state index contributed by atoms with van der Waals surface area (Å²) in [6, 6.07) is 3.78. The summed E-state index contributed by atoms with van der Waals surface area (Å²) < 4.78 is 0.